The molecule has 23 heavy (non-hydrogen) atoms. The first-order chi connectivity index (χ1) is 11.1. The van der Waals surface area contributed by atoms with Crippen LogP contribution in [0.15, 0.2) is 36.7 Å². The van der Waals surface area contributed by atoms with Gasteiger partial charge in [-0.2, -0.15) is 0 Å². The number of aromatic nitrogens is 2. The van der Waals surface area contributed by atoms with Crippen LogP contribution in [0.5, 0.6) is 0 Å². The summed E-state index contributed by atoms with van der Waals surface area (Å²) in [5.74, 6) is 1.45. The van der Waals surface area contributed by atoms with Gasteiger partial charge in [0.15, 0.2) is 11.6 Å². The Morgan fingerprint density at radius 2 is 1.87 bits per heavy atom. The highest BCUT2D eigenvalue weighted by Crippen LogP contribution is 2.30. The van der Waals surface area contributed by atoms with Crippen molar-refractivity contribution < 1.29 is 0 Å². The second-order valence-corrected chi connectivity index (χ2v) is 6.10. The van der Waals surface area contributed by atoms with E-state index in [1.54, 1.807) is 6.33 Å². The molecule has 0 bridgehead atoms. The largest absolute Gasteiger partial charge is 0.393 e. The zero-order valence-corrected chi connectivity index (χ0v) is 13.7. The van der Waals surface area contributed by atoms with E-state index in [0.717, 1.165) is 37.4 Å². The van der Waals surface area contributed by atoms with E-state index >= 15 is 0 Å². The highest BCUT2D eigenvalue weighted by atomic mass is 15.2. The van der Waals surface area contributed by atoms with E-state index in [4.69, 9.17) is 5.73 Å². The van der Waals surface area contributed by atoms with Gasteiger partial charge in [0.05, 0.1) is 0 Å². The maximum atomic E-state index is 6.33. The van der Waals surface area contributed by atoms with Gasteiger partial charge in [-0.25, -0.2) is 9.97 Å². The average molecular weight is 312 g/mol. The summed E-state index contributed by atoms with van der Waals surface area (Å²) >= 11 is 0. The Morgan fingerprint density at radius 3 is 2.57 bits per heavy atom. The fourth-order valence-corrected chi connectivity index (χ4v) is 2.98. The molecular weight excluding hydrogens is 288 g/mol. The Labute approximate surface area is 137 Å². The maximum Gasteiger partial charge on any atom is 0.159 e. The van der Waals surface area contributed by atoms with E-state index in [1.165, 1.54) is 0 Å². The average Bonchev–Trinajstić information content (AvgIpc) is 2.58. The fraction of sp³-hybridized carbons (Fsp3) is 0.412. The van der Waals surface area contributed by atoms with Crippen molar-refractivity contribution in [3.05, 3.63) is 36.7 Å². The van der Waals surface area contributed by atoms with Crippen molar-refractivity contribution in [1.29, 1.82) is 0 Å². The molecule has 1 aromatic carbocycles. The van der Waals surface area contributed by atoms with Crippen LogP contribution < -0.4 is 16.0 Å². The van der Waals surface area contributed by atoms with E-state index < -0.39 is 0 Å². The third kappa shape index (κ3) is 3.53. The van der Waals surface area contributed by atoms with Crippen LogP contribution >= 0.6 is 0 Å². The molecule has 0 spiro atoms. The van der Waals surface area contributed by atoms with Crippen molar-refractivity contribution >= 4 is 23.0 Å². The quantitative estimate of drug-likeness (QED) is 0.903. The van der Waals surface area contributed by atoms with Gasteiger partial charge in [-0.3, -0.25) is 0 Å². The zero-order chi connectivity index (χ0) is 16.2. The maximum absolute atomic E-state index is 6.33. The number of benzene rings is 1. The fourth-order valence-electron chi connectivity index (χ4n) is 2.98. The number of nitrogen functional groups attached to an aromatic ring is 1. The summed E-state index contributed by atoms with van der Waals surface area (Å²) in [7, 11) is 4.23. The molecule has 1 aliphatic rings. The molecule has 6 nitrogen and oxygen atoms in total. The van der Waals surface area contributed by atoms with Crippen LogP contribution in [-0.2, 0) is 0 Å². The van der Waals surface area contributed by atoms with Crippen LogP contribution in [-0.4, -0.2) is 48.1 Å². The van der Waals surface area contributed by atoms with E-state index in [1.807, 2.05) is 30.3 Å². The number of nitrogens with zero attached hydrogens (tertiary/aromatic N) is 4. The van der Waals surface area contributed by atoms with Crippen molar-refractivity contribution in [2.24, 2.45) is 0 Å². The lowest BCUT2D eigenvalue weighted by Crippen LogP contribution is -2.42. The summed E-state index contributed by atoms with van der Waals surface area (Å²) < 4.78 is 0. The summed E-state index contributed by atoms with van der Waals surface area (Å²) in [4.78, 5) is 13.3. The van der Waals surface area contributed by atoms with E-state index in [2.05, 4.69) is 39.2 Å². The highest BCUT2D eigenvalue weighted by Gasteiger charge is 2.23. The molecule has 0 saturated carbocycles. The molecule has 0 amide bonds. The molecule has 1 aromatic heterocycles. The van der Waals surface area contributed by atoms with Crippen LogP contribution in [0.2, 0.25) is 0 Å². The molecular formula is C17H24N6. The topological polar surface area (TPSA) is 70.3 Å². The molecule has 0 radical (unpaired) electrons. The standard InChI is InChI=1S/C17H24N6/c1-22-10-8-14(9-11-22)23(2)17-15(18)16(19-12-20-17)21-13-6-4-3-5-7-13/h3-7,12,14H,8-11,18H2,1-2H3,(H,19,20,21). The minimum Gasteiger partial charge on any atom is -0.393 e. The van der Waals surface area contributed by atoms with Crippen molar-refractivity contribution in [2.45, 2.75) is 18.9 Å². The number of nitrogens with one attached hydrogen (secondary N) is 1. The van der Waals surface area contributed by atoms with E-state index in [9.17, 15) is 0 Å². The minimum atomic E-state index is 0.466. The van der Waals surface area contributed by atoms with Gasteiger partial charge in [0.25, 0.3) is 0 Å². The number of likely N-dealkylation sites (tertiary alicyclic amines) is 1. The molecule has 3 N–H and O–H groups in total. The van der Waals surface area contributed by atoms with Crippen molar-refractivity contribution in [2.75, 3.05) is 43.1 Å². The molecule has 3 rings (SSSR count). The summed E-state index contributed by atoms with van der Waals surface area (Å²) in [5.41, 5.74) is 7.89. The lowest BCUT2D eigenvalue weighted by molar-refractivity contribution is 0.252. The number of hydrogen-bond donors (Lipinski definition) is 2. The number of piperidine rings is 1. The van der Waals surface area contributed by atoms with E-state index in [0.29, 0.717) is 17.5 Å². The van der Waals surface area contributed by atoms with Gasteiger partial charge in [-0.1, -0.05) is 18.2 Å². The molecule has 1 saturated heterocycles. The molecule has 6 heteroatoms. The van der Waals surface area contributed by atoms with Gasteiger partial charge in [-0.05, 0) is 45.1 Å². The lowest BCUT2D eigenvalue weighted by atomic mass is 10.0. The second-order valence-electron chi connectivity index (χ2n) is 6.10. The van der Waals surface area contributed by atoms with Crippen LogP contribution in [0.1, 0.15) is 12.8 Å². The first-order valence-corrected chi connectivity index (χ1v) is 7.99. The predicted molar refractivity (Wildman–Crippen MR) is 95.1 cm³/mol. The third-order valence-electron chi connectivity index (χ3n) is 4.47. The molecule has 0 unspecified atom stereocenters. The van der Waals surface area contributed by atoms with E-state index in [-0.39, 0.29) is 0 Å². The first kappa shape index (κ1) is 15.6. The predicted octanol–water partition coefficient (Wildman–Crippen LogP) is 2.33. The first-order valence-electron chi connectivity index (χ1n) is 7.99. The zero-order valence-electron chi connectivity index (χ0n) is 13.7. The second kappa shape index (κ2) is 6.83. The highest BCUT2D eigenvalue weighted by molar-refractivity contribution is 5.78. The molecule has 2 aromatic rings. The van der Waals surface area contributed by atoms with Crippen LogP contribution in [0.3, 0.4) is 0 Å². The van der Waals surface area contributed by atoms with Gasteiger partial charge >= 0.3 is 0 Å². The number of anilines is 4. The minimum absolute atomic E-state index is 0.466. The molecule has 122 valence electrons. The number of para-hydroxylation sites is 1. The Bertz CT molecular complexity index is 637. The Morgan fingerprint density at radius 1 is 1.17 bits per heavy atom. The SMILES string of the molecule is CN1CCC(N(C)c2ncnc(Nc3ccccc3)c2N)CC1. The molecule has 1 fully saturated rings. The normalized spacial score (nSPS) is 16.3. The summed E-state index contributed by atoms with van der Waals surface area (Å²) in [5, 5.41) is 3.27. The number of nitrogens with two attached hydrogens (primary N) is 1. The van der Waals surface area contributed by atoms with Gasteiger partial charge in [0.1, 0.15) is 12.0 Å². The van der Waals surface area contributed by atoms with Crippen molar-refractivity contribution in [1.82, 2.24) is 14.9 Å². The number of hydrogen-bond acceptors (Lipinski definition) is 6. The molecule has 0 atom stereocenters. The molecule has 0 aliphatic carbocycles. The van der Waals surface area contributed by atoms with Crippen molar-refractivity contribution in [3.63, 3.8) is 0 Å². The van der Waals surface area contributed by atoms with Crippen LogP contribution in [0.25, 0.3) is 0 Å². The van der Waals surface area contributed by atoms with Gasteiger partial charge in [0, 0.05) is 18.8 Å². The lowest BCUT2D eigenvalue weighted by Gasteiger charge is -2.36. The Kier molecular flexibility index (Phi) is 4.62. The Hall–Kier alpha value is -2.34. The Balaban J connectivity index is 1.79. The smallest absolute Gasteiger partial charge is 0.159 e. The molecule has 1 aliphatic heterocycles. The number of rotatable bonds is 4. The van der Waals surface area contributed by atoms with Gasteiger partial charge in [-0.15, -0.1) is 0 Å². The summed E-state index contributed by atoms with van der Waals surface area (Å²) in [6.07, 6.45) is 3.82. The molecule has 2 heterocycles. The monoisotopic (exact) mass is 312 g/mol. The van der Waals surface area contributed by atoms with Crippen LogP contribution in [0, 0.1) is 0 Å². The van der Waals surface area contributed by atoms with Gasteiger partial charge in [0.2, 0.25) is 0 Å². The summed E-state index contributed by atoms with van der Waals surface area (Å²) in [6, 6.07) is 10.4. The van der Waals surface area contributed by atoms with Crippen molar-refractivity contribution in [3.8, 4) is 0 Å². The third-order valence-corrected chi connectivity index (χ3v) is 4.47. The van der Waals surface area contributed by atoms with Crippen LogP contribution in [0.4, 0.5) is 23.0 Å². The van der Waals surface area contributed by atoms with Gasteiger partial charge < -0.3 is 20.9 Å². The summed E-state index contributed by atoms with van der Waals surface area (Å²) in [6.45, 7) is 2.21.